The minimum atomic E-state index is -3.61. The Hall–Kier alpha value is -2.55. The summed E-state index contributed by atoms with van der Waals surface area (Å²) >= 11 is 0. The molecule has 0 saturated heterocycles. The second kappa shape index (κ2) is 6.27. The van der Waals surface area contributed by atoms with Gasteiger partial charge in [-0.05, 0) is 30.3 Å². The first-order chi connectivity index (χ1) is 9.94. The van der Waals surface area contributed by atoms with E-state index in [2.05, 4.69) is 14.9 Å². The molecule has 0 saturated carbocycles. The highest BCUT2D eigenvalue weighted by molar-refractivity contribution is 7.92. The van der Waals surface area contributed by atoms with Crippen molar-refractivity contribution < 1.29 is 13.2 Å². The number of anilines is 2. The molecule has 0 aliphatic rings. The Morgan fingerprint density at radius 1 is 1.19 bits per heavy atom. The smallest absolute Gasteiger partial charge is 0.264 e. The van der Waals surface area contributed by atoms with Crippen molar-refractivity contribution in [3.8, 4) is 5.75 Å². The maximum absolute atomic E-state index is 11.8. The third-order valence-corrected chi connectivity index (χ3v) is 3.66. The highest BCUT2D eigenvalue weighted by atomic mass is 32.2. The number of benzene rings is 1. The first-order valence-electron chi connectivity index (χ1n) is 5.99. The summed E-state index contributed by atoms with van der Waals surface area (Å²) in [6.07, 6.45) is 0. The average molecular weight is 310 g/mol. The van der Waals surface area contributed by atoms with Crippen LogP contribution in [-0.4, -0.2) is 31.0 Å². The van der Waals surface area contributed by atoms with Gasteiger partial charge in [0.1, 0.15) is 18.1 Å². The first-order valence-corrected chi connectivity index (χ1v) is 7.64. The predicted molar refractivity (Wildman–Crippen MR) is 78.6 cm³/mol. The van der Waals surface area contributed by atoms with E-state index in [1.807, 2.05) is 0 Å². The molecule has 1 heterocycles. The van der Waals surface area contributed by atoms with Gasteiger partial charge in [0.15, 0.2) is 5.82 Å². The van der Waals surface area contributed by atoms with Crippen molar-refractivity contribution in [2.45, 2.75) is 0 Å². The molecule has 9 heteroatoms. The van der Waals surface area contributed by atoms with Crippen LogP contribution in [0.4, 0.5) is 11.5 Å². The van der Waals surface area contributed by atoms with Gasteiger partial charge in [0.2, 0.25) is 10.0 Å². The Labute approximate surface area is 121 Å². The number of aromatic nitrogens is 2. The summed E-state index contributed by atoms with van der Waals surface area (Å²) in [5.74, 6) is 0.321. The van der Waals surface area contributed by atoms with E-state index in [9.17, 15) is 13.2 Å². The molecule has 0 atom stereocenters. The van der Waals surface area contributed by atoms with Gasteiger partial charge in [-0.25, -0.2) is 13.5 Å². The van der Waals surface area contributed by atoms with E-state index in [1.165, 1.54) is 12.1 Å². The van der Waals surface area contributed by atoms with E-state index in [1.54, 1.807) is 24.3 Å². The second-order valence-electron chi connectivity index (χ2n) is 4.14. The highest BCUT2D eigenvalue weighted by Gasteiger charge is 2.11. The summed E-state index contributed by atoms with van der Waals surface area (Å²) in [5.41, 5.74) is 5.71. The van der Waals surface area contributed by atoms with Crippen LogP contribution in [0, 0.1) is 0 Å². The number of nitrogen functional groups attached to an aromatic ring is 1. The molecular formula is C12H14N4O4S. The number of ether oxygens (including phenoxy) is 1. The Morgan fingerprint density at radius 3 is 2.52 bits per heavy atom. The largest absolute Gasteiger partial charge is 0.492 e. The summed E-state index contributed by atoms with van der Waals surface area (Å²) in [7, 11) is -3.61. The number of H-pyrrole nitrogens is 1. The summed E-state index contributed by atoms with van der Waals surface area (Å²) < 4.78 is 31.1. The van der Waals surface area contributed by atoms with Crippen molar-refractivity contribution in [3.63, 3.8) is 0 Å². The van der Waals surface area contributed by atoms with E-state index >= 15 is 0 Å². The number of sulfonamides is 1. The zero-order valence-corrected chi connectivity index (χ0v) is 11.8. The van der Waals surface area contributed by atoms with Gasteiger partial charge in [-0.3, -0.25) is 9.52 Å². The van der Waals surface area contributed by atoms with Gasteiger partial charge in [0.05, 0.1) is 0 Å². The zero-order valence-electron chi connectivity index (χ0n) is 10.9. The van der Waals surface area contributed by atoms with Gasteiger partial charge >= 0.3 is 0 Å². The van der Waals surface area contributed by atoms with Crippen LogP contribution >= 0.6 is 0 Å². The maximum Gasteiger partial charge on any atom is 0.264 e. The molecule has 0 fully saturated rings. The number of hydrogen-bond acceptors (Lipinski definition) is 6. The topological polar surface area (TPSA) is 127 Å². The minimum Gasteiger partial charge on any atom is -0.492 e. The third kappa shape index (κ3) is 4.80. The number of nitrogens with two attached hydrogens (primary N) is 1. The summed E-state index contributed by atoms with van der Waals surface area (Å²) in [6, 6.07) is 9.07. The fourth-order valence-electron chi connectivity index (χ4n) is 1.44. The van der Waals surface area contributed by atoms with Crippen molar-refractivity contribution in [2.75, 3.05) is 22.8 Å². The fourth-order valence-corrected chi connectivity index (χ4v) is 2.28. The molecular weight excluding hydrogens is 296 g/mol. The third-order valence-electron chi connectivity index (χ3n) is 2.44. The van der Waals surface area contributed by atoms with E-state index in [0.29, 0.717) is 11.4 Å². The molecule has 2 rings (SSSR count). The summed E-state index contributed by atoms with van der Waals surface area (Å²) in [4.78, 5) is 10.8. The second-order valence-corrected chi connectivity index (χ2v) is 5.99. The Bertz CT molecular complexity index is 735. The SMILES string of the molecule is Nc1ccc(OCCS(=O)(=O)Nc2ccc(=O)[nH]n2)cc1. The molecule has 0 aliphatic heterocycles. The summed E-state index contributed by atoms with van der Waals surface area (Å²) in [6.45, 7) is -0.0252. The Morgan fingerprint density at radius 2 is 1.90 bits per heavy atom. The molecule has 0 amide bonds. The van der Waals surface area contributed by atoms with Gasteiger partial charge in [-0.2, -0.15) is 5.10 Å². The quantitative estimate of drug-likeness (QED) is 0.653. The van der Waals surface area contributed by atoms with Gasteiger partial charge < -0.3 is 10.5 Å². The lowest BCUT2D eigenvalue weighted by Crippen LogP contribution is -2.22. The van der Waals surface area contributed by atoms with E-state index in [4.69, 9.17) is 10.5 Å². The lowest BCUT2D eigenvalue weighted by molar-refractivity contribution is 0.341. The van der Waals surface area contributed by atoms with Crippen LogP contribution in [0.25, 0.3) is 0 Å². The van der Waals surface area contributed by atoms with Gasteiger partial charge in [-0.1, -0.05) is 0 Å². The van der Waals surface area contributed by atoms with Gasteiger partial charge in [-0.15, -0.1) is 0 Å². The lowest BCUT2D eigenvalue weighted by Gasteiger charge is -2.08. The van der Waals surface area contributed by atoms with Crippen LogP contribution in [0.2, 0.25) is 0 Å². The zero-order chi connectivity index (χ0) is 15.3. The van der Waals surface area contributed by atoms with Gasteiger partial charge in [0, 0.05) is 11.8 Å². The van der Waals surface area contributed by atoms with Crippen LogP contribution in [0.5, 0.6) is 5.75 Å². The molecule has 0 spiro atoms. The molecule has 0 unspecified atom stereocenters. The van der Waals surface area contributed by atoms with E-state index in [-0.39, 0.29) is 18.2 Å². The van der Waals surface area contributed by atoms with Crippen LogP contribution < -0.4 is 20.8 Å². The first kappa shape index (κ1) is 14.9. The molecule has 1 aromatic heterocycles. The van der Waals surface area contributed by atoms with Crippen molar-refractivity contribution in [3.05, 3.63) is 46.8 Å². The number of aromatic amines is 1. The van der Waals surface area contributed by atoms with Crippen LogP contribution in [0.15, 0.2) is 41.2 Å². The van der Waals surface area contributed by atoms with E-state index < -0.39 is 15.6 Å². The molecule has 8 nitrogen and oxygen atoms in total. The normalized spacial score (nSPS) is 11.0. The molecule has 0 radical (unpaired) electrons. The Balaban J connectivity index is 1.87. The highest BCUT2D eigenvalue weighted by Crippen LogP contribution is 2.13. The molecule has 1 aromatic carbocycles. The summed E-state index contributed by atoms with van der Waals surface area (Å²) in [5, 5.41) is 5.69. The standard InChI is InChI=1S/C12H14N4O4S/c13-9-1-3-10(4-2-9)20-7-8-21(18,19)16-11-5-6-12(17)15-14-11/h1-6H,7-8,13H2,(H,14,16)(H,15,17). The lowest BCUT2D eigenvalue weighted by atomic mass is 10.3. The fraction of sp³-hybridized carbons (Fsp3) is 0.167. The monoisotopic (exact) mass is 310 g/mol. The average Bonchev–Trinajstić information content (AvgIpc) is 2.43. The van der Waals surface area contributed by atoms with Crippen LogP contribution in [0.3, 0.4) is 0 Å². The molecule has 0 bridgehead atoms. The van der Waals surface area contributed by atoms with Crippen molar-refractivity contribution in [1.29, 1.82) is 0 Å². The van der Waals surface area contributed by atoms with Crippen molar-refractivity contribution >= 4 is 21.5 Å². The molecule has 2 aromatic rings. The van der Waals surface area contributed by atoms with Crippen LogP contribution in [-0.2, 0) is 10.0 Å². The van der Waals surface area contributed by atoms with Gasteiger partial charge in [0.25, 0.3) is 5.56 Å². The van der Waals surface area contributed by atoms with E-state index in [0.717, 1.165) is 0 Å². The van der Waals surface area contributed by atoms with Crippen LogP contribution in [0.1, 0.15) is 0 Å². The predicted octanol–water partition coefficient (Wildman–Crippen LogP) is 0.173. The Kier molecular flexibility index (Phi) is 4.43. The maximum atomic E-state index is 11.8. The molecule has 4 N–H and O–H groups in total. The number of hydrogen-bond donors (Lipinski definition) is 3. The van der Waals surface area contributed by atoms with Crippen molar-refractivity contribution in [1.82, 2.24) is 10.2 Å². The molecule has 0 aliphatic carbocycles. The number of nitrogens with zero attached hydrogens (tertiary/aromatic N) is 1. The van der Waals surface area contributed by atoms with Crippen molar-refractivity contribution in [2.24, 2.45) is 0 Å². The molecule has 112 valence electrons. The minimum absolute atomic E-state index is 0.0252. The molecule has 21 heavy (non-hydrogen) atoms. The number of rotatable bonds is 6. The number of nitrogens with one attached hydrogen (secondary N) is 2.